The van der Waals surface area contributed by atoms with E-state index in [0.717, 1.165) is 0 Å². The van der Waals surface area contributed by atoms with E-state index in [4.69, 9.17) is 5.73 Å². The molecule has 0 unspecified atom stereocenters. The van der Waals surface area contributed by atoms with Gasteiger partial charge in [-0.15, -0.1) is 12.4 Å². The zero-order chi connectivity index (χ0) is 9.84. The zero-order valence-electron chi connectivity index (χ0n) is 7.29. The summed E-state index contributed by atoms with van der Waals surface area (Å²) < 4.78 is 36.8. The quantitative estimate of drug-likeness (QED) is 0.841. The van der Waals surface area contributed by atoms with Crippen LogP contribution in [0.25, 0.3) is 0 Å². The Labute approximate surface area is 86.5 Å². The van der Waals surface area contributed by atoms with Gasteiger partial charge in [0.15, 0.2) is 0 Å². The van der Waals surface area contributed by atoms with E-state index in [2.05, 4.69) is 0 Å². The van der Waals surface area contributed by atoms with E-state index in [1.165, 1.54) is 18.2 Å². The van der Waals surface area contributed by atoms with Gasteiger partial charge in [-0.3, -0.25) is 0 Å². The van der Waals surface area contributed by atoms with Gasteiger partial charge in [0.05, 0.1) is 0 Å². The van der Waals surface area contributed by atoms with Gasteiger partial charge in [-0.1, -0.05) is 18.2 Å². The molecule has 0 aliphatic carbocycles. The van der Waals surface area contributed by atoms with E-state index in [0.29, 0.717) is 0 Å². The first kappa shape index (κ1) is 13.3. The van der Waals surface area contributed by atoms with E-state index in [9.17, 15) is 13.2 Å². The van der Waals surface area contributed by atoms with Crippen molar-refractivity contribution in [2.75, 3.05) is 0 Å². The van der Waals surface area contributed by atoms with Gasteiger partial charge in [-0.25, -0.2) is 13.2 Å². The summed E-state index contributed by atoms with van der Waals surface area (Å²) >= 11 is 0. The highest BCUT2D eigenvalue weighted by Crippen LogP contribution is 2.20. The Kier molecular flexibility index (Phi) is 5.57. The first-order valence-electron chi connectivity index (χ1n) is 3.89. The number of halogens is 4. The third kappa shape index (κ3) is 3.55. The van der Waals surface area contributed by atoms with Gasteiger partial charge in [-0.2, -0.15) is 0 Å². The van der Waals surface area contributed by atoms with Crippen LogP contribution >= 0.6 is 12.4 Å². The van der Waals surface area contributed by atoms with Gasteiger partial charge in [0.25, 0.3) is 0 Å². The van der Waals surface area contributed by atoms with Crippen molar-refractivity contribution in [3.05, 3.63) is 35.6 Å². The van der Waals surface area contributed by atoms with Gasteiger partial charge < -0.3 is 5.73 Å². The molecule has 0 saturated carbocycles. The molecule has 0 aromatic heterocycles. The van der Waals surface area contributed by atoms with Crippen molar-refractivity contribution in [2.45, 2.75) is 18.9 Å². The van der Waals surface area contributed by atoms with Gasteiger partial charge in [-0.05, 0) is 6.07 Å². The average Bonchev–Trinajstić information content (AvgIpc) is 2.03. The molecule has 5 heteroatoms. The zero-order valence-corrected chi connectivity index (χ0v) is 8.11. The van der Waals surface area contributed by atoms with E-state index < -0.39 is 24.7 Å². The minimum Gasteiger partial charge on any atom is -0.324 e. The molecule has 0 saturated heterocycles. The van der Waals surface area contributed by atoms with Crippen LogP contribution in [0.4, 0.5) is 13.2 Å². The van der Waals surface area contributed by atoms with E-state index in [1.807, 2.05) is 0 Å². The summed E-state index contributed by atoms with van der Waals surface area (Å²) in [5.41, 5.74) is 5.52. The van der Waals surface area contributed by atoms with Gasteiger partial charge >= 0.3 is 0 Å². The van der Waals surface area contributed by atoms with Crippen molar-refractivity contribution < 1.29 is 13.2 Å². The summed E-state index contributed by atoms with van der Waals surface area (Å²) in [6.07, 6.45) is -3.02. The normalized spacial score (nSPS) is 12.4. The molecule has 1 aromatic carbocycles. The first-order chi connectivity index (χ1) is 6.11. The van der Waals surface area contributed by atoms with Crippen LogP contribution < -0.4 is 5.73 Å². The second-order valence-electron chi connectivity index (χ2n) is 2.75. The molecule has 1 nitrogen and oxygen atoms in total. The summed E-state index contributed by atoms with van der Waals surface area (Å²) in [7, 11) is 0. The largest absolute Gasteiger partial charge is 0.324 e. The molecule has 0 bridgehead atoms. The molecule has 14 heavy (non-hydrogen) atoms. The second-order valence-corrected chi connectivity index (χ2v) is 2.75. The smallest absolute Gasteiger partial charge is 0.240 e. The lowest BCUT2D eigenvalue weighted by atomic mass is 10.0. The molecule has 0 fully saturated rings. The molecule has 0 aliphatic heterocycles. The van der Waals surface area contributed by atoms with Crippen molar-refractivity contribution in [1.29, 1.82) is 0 Å². The van der Waals surface area contributed by atoms with Crippen LogP contribution in [0.5, 0.6) is 0 Å². The summed E-state index contributed by atoms with van der Waals surface area (Å²) in [4.78, 5) is 0. The van der Waals surface area contributed by atoms with Crippen LogP contribution in [0.2, 0.25) is 0 Å². The monoisotopic (exact) mass is 225 g/mol. The molecule has 80 valence electrons. The molecule has 0 spiro atoms. The standard InChI is InChI=1S/C9H10F3N.ClH/c10-7-4-2-1-3-6(7)8(13)5-9(11)12;/h1-4,8-9H,5,13H2;1H/t8-;/m0./s1. The van der Waals surface area contributed by atoms with Crippen LogP contribution in [0.15, 0.2) is 24.3 Å². The molecule has 1 atom stereocenters. The number of alkyl halides is 2. The van der Waals surface area contributed by atoms with Gasteiger partial charge in [0.2, 0.25) is 6.43 Å². The minimum absolute atomic E-state index is 0. The molecule has 0 radical (unpaired) electrons. The minimum atomic E-state index is -2.50. The Balaban J connectivity index is 0.00000169. The van der Waals surface area contributed by atoms with Crippen LogP contribution in [0.3, 0.4) is 0 Å². The summed E-state index contributed by atoms with van der Waals surface area (Å²) in [6.45, 7) is 0. The van der Waals surface area contributed by atoms with E-state index >= 15 is 0 Å². The third-order valence-corrected chi connectivity index (χ3v) is 1.74. The number of hydrogen-bond donors (Lipinski definition) is 1. The Morgan fingerprint density at radius 2 is 1.79 bits per heavy atom. The molecular weight excluding hydrogens is 215 g/mol. The molecular formula is C9H11ClF3N. The van der Waals surface area contributed by atoms with E-state index in [-0.39, 0.29) is 18.0 Å². The Hall–Kier alpha value is -0.740. The number of nitrogens with two attached hydrogens (primary N) is 1. The lowest BCUT2D eigenvalue weighted by Gasteiger charge is -2.11. The SMILES string of the molecule is Cl.N[C@@H](CC(F)F)c1ccccc1F. The maximum Gasteiger partial charge on any atom is 0.240 e. The molecule has 0 amide bonds. The van der Waals surface area contributed by atoms with Crippen molar-refractivity contribution in [2.24, 2.45) is 5.73 Å². The molecule has 0 aliphatic rings. The molecule has 1 rings (SSSR count). The molecule has 0 heterocycles. The number of benzene rings is 1. The summed E-state index contributed by atoms with van der Waals surface area (Å²) in [6, 6.07) is 4.77. The lowest BCUT2D eigenvalue weighted by molar-refractivity contribution is 0.128. The van der Waals surface area contributed by atoms with Gasteiger partial charge in [0.1, 0.15) is 5.82 Å². The van der Waals surface area contributed by atoms with Crippen LogP contribution in [0.1, 0.15) is 18.0 Å². The van der Waals surface area contributed by atoms with Crippen LogP contribution in [-0.4, -0.2) is 6.43 Å². The van der Waals surface area contributed by atoms with E-state index in [1.54, 1.807) is 6.07 Å². The predicted molar refractivity (Wildman–Crippen MR) is 51.2 cm³/mol. The highest BCUT2D eigenvalue weighted by molar-refractivity contribution is 5.85. The van der Waals surface area contributed by atoms with Crippen molar-refractivity contribution >= 4 is 12.4 Å². The van der Waals surface area contributed by atoms with Crippen molar-refractivity contribution in [3.63, 3.8) is 0 Å². The second kappa shape index (κ2) is 5.88. The van der Waals surface area contributed by atoms with Crippen LogP contribution in [-0.2, 0) is 0 Å². The molecule has 1 aromatic rings. The summed E-state index contributed by atoms with van der Waals surface area (Å²) in [5.74, 6) is -0.532. The Morgan fingerprint density at radius 3 is 2.29 bits per heavy atom. The topological polar surface area (TPSA) is 26.0 Å². The average molecular weight is 226 g/mol. The highest BCUT2D eigenvalue weighted by Gasteiger charge is 2.15. The fraction of sp³-hybridized carbons (Fsp3) is 0.333. The maximum atomic E-state index is 13.0. The predicted octanol–water partition coefficient (Wildman–Crippen LogP) is 2.90. The van der Waals surface area contributed by atoms with Crippen LogP contribution in [0, 0.1) is 5.82 Å². The fourth-order valence-electron chi connectivity index (χ4n) is 1.09. The fourth-order valence-corrected chi connectivity index (χ4v) is 1.09. The first-order valence-corrected chi connectivity index (χ1v) is 3.89. The number of hydrogen-bond acceptors (Lipinski definition) is 1. The Bertz CT molecular complexity index is 281. The van der Waals surface area contributed by atoms with Crippen molar-refractivity contribution in [1.82, 2.24) is 0 Å². The van der Waals surface area contributed by atoms with Crippen molar-refractivity contribution in [3.8, 4) is 0 Å². The molecule has 2 N–H and O–H groups in total. The summed E-state index contributed by atoms with van der Waals surface area (Å²) in [5, 5.41) is 0. The maximum absolute atomic E-state index is 13.0. The lowest BCUT2D eigenvalue weighted by Crippen LogP contribution is -2.15. The Morgan fingerprint density at radius 1 is 1.21 bits per heavy atom. The number of rotatable bonds is 3. The van der Waals surface area contributed by atoms with Gasteiger partial charge in [0, 0.05) is 18.0 Å². The third-order valence-electron chi connectivity index (χ3n) is 1.74. The highest BCUT2D eigenvalue weighted by atomic mass is 35.5.